The highest BCUT2D eigenvalue weighted by molar-refractivity contribution is 5.74. The van der Waals surface area contributed by atoms with Crippen LogP contribution < -0.4 is 5.32 Å². The number of likely N-dealkylation sites (tertiary alicyclic amines) is 1. The molecule has 4 heteroatoms. The lowest BCUT2D eigenvalue weighted by Crippen LogP contribution is -2.48. The van der Waals surface area contributed by atoms with Gasteiger partial charge in [-0.1, -0.05) is 25.1 Å². The van der Waals surface area contributed by atoms with Gasteiger partial charge in [0.2, 0.25) is 0 Å². The zero-order chi connectivity index (χ0) is 16.3. The molecule has 0 unspecified atom stereocenters. The molecule has 1 aliphatic heterocycles. The number of piperidine rings is 1. The standard InChI is InChI=1S/C19H28N2O2/c1-2-19(14-22)8-10-21(11-9-19)18(23)20-13-15-6-7-16-4-3-5-17(16)12-15/h6-7,12,22H,2-5,8-11,13-14H2,1H3,(H,20,23). The van der Waals surface area contributed by atoms with Crippen LogP contribution in [0.1, 0.15) is 49.3 Å². The van der Waals surface area contributed by atoms with Crippen LogP contribution >= 0.6 is 0 Å². The van der Waals surface area contributed by atoms with Crippen molar-refractivity contribution in [2.45, 2.75) is 52.0 Å². The van der Waals surface area contributed by atoms with Crippen molar-refractivity contribution in [3.05, 3.63) is 34.9 Å². The molecule has 0 aromatic heterocycles. The number of nitrogens with zero attached hydrogens (tertiary/aromatic N) is 1. The van der Waals surface area contributed by atoms with Gasteiger partial charge in [-0.05, 0) is 60.6 Å². The maximum Gasteiger partial charge on any atom is 0.317 e. The maximum atomic E-state index is 12.3. The first-order chi connectivity index (χ1) is 11.2. The van der Waals surface area contributed by atoms with E-state index in [1.165, 1.54) is 36.0 Å². The summed E-state index contributed by atoms with van der Waals surface area (Å²) < 4.78 is 0. The van der Waals surface area contributed by atoms with Crippen molar-refractivity contribution in [3.63, 3.8) is 0 Å². The highest BCUT2D eigenvalue weighted by Crippen LogP contribution is 2.34. The Balaban J connectivity index is 1.50. The smallest absolute Gasteiger partial charge is 0.317 e. The molecule has 1 saturated heterocycles. The van der Waals surface area contributed by atoms with Gasteiger partial charge in [0.15, 0.2) is 0 Å². The number of hydrogen-bond donors (Lipinski definition) is 2. The Kier molecular flexibility index (Phi) is 4.90. The van der Waals surface area contributed by atoms with E-state index in [9.17, 15) is 9.90 Å². The summed E-state index contributed by atoms with van der Waals surface area (Å²) in [5, 5.41) is 12.6. The summed E-state index contributed by atoms with van der Waals surface area (Å²) in [6, 6.07) is 6.61. The molecule has 23 heavy (non-hydrogen) atoms. The van der Waals surface area contributed by atoms with Gasteiger partial charge < -0.3 is 15.3 Å². The Labute approximate surface area is 138 Å². The molecule has 126 valence electrons. The number of urea groups is 1. The van der Waals surface area contributed by atoms with E-state index in [1.54, 1.807) is 0 Å². The summed E-state index contributed by atoms with van der Waals surface area (Å²) in [5.74, 6) is 0. The number of fused-ring (bicyclic) bond motifs is 1. The van der Waals surface area contributed by atoms with Gasteiger partial charge in [0, 0.05) is 26.2 Å². The Morgan fingerprint density at radius 1 is 1.26 bits per heavy atom. The molecule has 3 rings (SSSR count). The largest absolute Gasteiger partial charge is 0.396 e. The topological polar surface area (TPSA) is 52.6 Å². The Morgan fingerprint density at radius 3 is 2.70 bits per heavy atom. The van der Waals surface area contributed by atoms with Gasteiger partial charge in [0.25, 0.3) is 0 Å². The number of aliphatic hydroxyl groups is 1. The fraction of sp³-hybridized carbons (Fsp3) is 0.632. The number of aliphatic hydroxyl groups excluding tert-OH is 1. The lowest BCUT2D eigenvalue weighted by molar-refractivity contribution is 0.0519. The highest BCUT2D eigenvalue weighted by atomic mass is 16.3. The van der Waals surface area contributed by atoms with Crippen LogP contribution in [0.4, 0.5) is 4.79 Å². The SMILES string of the molecule is CCC1(CO)CCN(C(=O)NCc2ccc3c(c2)CCC3)CC1. The molecule has 1 aliphatic carbocycles. The summed E-state index contributed by atoms with van der Waals surface area (Å²) in [4.78, 5) is 14.2. The van der Waals surface area contributed by atoms with E-state index in [-0.39, 0.29) is 18.1 Å². The van der Waals surface area contributed by atoms with Crippen molar-refractivity contribution >= 4 is 6.03 Å². The minimum absolute atomic E-state index is 0.0214. The number of amides is 2. The molecular formula is C19H28N2O2. The van der Waals surface area contributed by atoms with Crippen molar-refractivity contribution in [2.75, 3.05) is 19.7 Å². The summed E-state index contributed by atoms with van der Waals surface area (Å²) >= 11 is 0. The fourth-order valence-electron chi connectivity index (χ4n) is 3.83. The van der Waals surface area contributed by atoms with Crippen LogP contribution in [0.15, 0.2) is 18.2 Å². The Hall–Kier alpha value is -1.55. The number of benzene rings is 1. The van der Waals surface area contributed by atoms with E-state index in [1.807, 2.05) is 4.90 Å². The van der Waals surface area contributed by atoms with Gasteiger partial charge in [-0.3, -0.25) is 0 Å². The molecule has 0 radical (unpaired) electrons. The number of hydrogen-bond acceptors (Lipinski definition) is 2. The lowest BCUT2D eigenvalue weighted by Gasteiger charge is -2.40. The monoisotopic (exact) mass is 316 g/mol. The van der Waals surface area contributed by atoms with Crippen LogP contribution in [0.3, 0.4) is 0 Å². The third kappa shape index (κ3) is 3.52. The fourth-order valence-corrected chi connectivity index (χ4v) is 3.83. The molecule has 1 aromatic rings. The van der Waals surface area contributed by atoms with Crippen LogP contribution in [-0.4, -0.2) is 35.7 Å². The van der Waals surface area contributed by atoms with Gasteiger partial charge in [0.1, 0.15) is 0 Å². The van der Waals surface area contributed by atoms with E-state index in [2.05, 4.69) is 30.4 Å². The first kappa shape index (κ1) is 16.3. The Bertz CT molecular complexity index is 556. The minimum atomic E-state index is 0.0214. The van der Waals surface area contributed by atoms with Crippen molar-refractivity contribution in [1.29, 1.82) is 0 Å². The molecule has 1 heterocycles. The summed E-state index contributed by atoms with van der Waals surface area (Å²) in [6.07, 6.45) is 6.39. The zero-order valence-electron chi connectivity index (χ0n) is 14.1. The van der Waals surface area contributed by atoms with Crippen LogP contribution in [-0.2, 0) is 19.4 Å². The van der Waals surface area contributed by atoms with Gasteiger partial charge in [0.05, 0.1) is 0 Å². The number of rotatable bonds is 4. The lowest BCUT2D eigenvalue weighted by atomic mass is 9.77. The molecule has 2 N–H and O–H groups in total. The molecule has 0 bridgehead atoms. The third-order valence-corrected chi connectivity index (χ3v) is 5.80. The molecule has 2 amide bonds. The number of carbonyl (C=O) groups excluding carboxylic acids is 1. The molecular weight excluding hydrogens is 288 g/mol. The number of nitrogens with one attached hydrogen (secondary N) is 1. The van der Waals surface area contributed by atoms with E-state index < -0.39 is 0 Å². The normalized spacial score (nSPS) is 19.5. The minimum Gasteiger partial charge on any atom is -0.396 e. The predicted octanol–water partition coefficient (Wildman–Crippen LogP) is 2.87. The molecule has 0 atom stereocenters. The summed E-state index contributed by atoms with van der Waals surface area (Å²) in [6.45, 7) is 4.43. The number of aryl methyl sites for hydroxylation is 2. The number of carbonyl (C=O) groups is 1. The van der Waals surface area contributed by atoms with E-state index in [0.717, 1.165) is 32.4 Å². The van der Waals surface area contributed by atoms with E-state index in [4.69, 9.17) is 0 Å². The molecule has 0 spiro atoms. The van der Waals surface area contributed by atoms with Gasteiger partial charge in [-0.25, -0.2) is 4.79 Å². The first-order valence-electron chi connectivity index (χ1n) is 8.90. The average Bonchev–Trinajstić information content (AvgIpc) is 3.07. The molecule has 1 fully saturated rings. The molecule has 1 aromatic carbocycles. The van der Waals surface area contributed by atoms with Crippen LogP contribution in [0, 0.1) is 5.41 Å². The van der Waals surface area contributed by atoms with Crippen molar-refractivity contribution in [2.24, 2.45) is 5.41 Å². The molecule has 0 saturated carbocycles. The van der Waals surface area contributed by atoms with Crippen molar-refractivity contribution < 1.29 is 9.90 Å². The van der Waals surface area contributed by atoms with E-state index >= 15 is 0 Å². The average molecular weight is 316 g/mol. The summed E-state index contributed by atoms with van der Waals surface area (Å²) in [7, 11) is 0. The zero-order valence-corrected chi connectivity index (χ0v) is 14.1. The van der Waals surface area contributed by atoms with Crippen molar-refractivity contribution in [3.8, 4) is 0 Å². The second-order valence-electron chi connectivity index (χ2n) is 7.11. The molecule has 2 aliphatic rings. The van der Waals surface area contributed by atoms with Gasteiger partial charge in [-0.2, -0.15) is 0 Å². The van der Waals surface area contributed by atoms with Gasteiger partial charge >= 0.3 is 6.03 Å². The maximum absolute atomic E-state index is 12.3. The van der Waals surface area contributed by atoms with Crippen LogP contribution in [0.2, 0.25) is 0 Å². The van der Waals surface area contributed by atoms with Crippen molar-refractivity contribution in [1.82, 2.24) is 10.2 Å². The second kappa shape index (κ2) is 6.91. The van der Waals surface area contributed by atoms with E-state index in [0.29, 0.717) is 6.54 Å². The quantitative estimate of drug-likeness (QED) is 0.897. The first-order valence-corrected chi connectivity index (χ1v) is 8.90. The summed E-state index contributed by atoms with van der Waals surface area (Å²) in [5.41, 5.74) is 4.13. The predicted molar refractivity (Wildman–Crippen MR) is 91.3 cm³/mol. The van der Waals surface area contributed by atoms with Crippen LogP contribution in [0.25, 0.3) is 0 Å². The molecule has 4 nitrogen and oxygen atoms in total. The van der Waals surface area contributed by atoms with Crippen LogP contribution in [0.5, 0.6) is 0 Å². The highest BCUT2D eigenvalue weighted by Gasteiger charge is 2.33. The second-order valence-corrected chi connectivity index (χ2v) is 7.11. The van der Waals surface area contributed by atoms with Gasteiger partial charge in [-0.15, -0.1) is 0 Å². The Morgan fingerprint density at radius 2 is 2.00 bits per heavy atom. The third-order valence-electron chi connectivity index (χ3n) is 5.80.